The van der Waals surface area contributed by atoms with Crippen molar-refractivity contribution in [2.24, 2.45) is 11.8 Å². The lowest BCUT2D eigenvalue weighted by Crippen LogP contribution is -2.35. The van der Waals surface area contributed by atoms with Crippen molar-refractivity contribution in [1.29, 1.82) is 0 Å². The lowest BCUT2D eigenvalue weighted by Gasteiger charge is -2.33. The summed E-state index contributed by atoms with van der Waals surface area (Å²) in [5.74, 6) is 6.55. The first kappa shape index (κ1) is 24.6. The van der Waals surface area contributed by atoms with Crippen LogP contribution in [0.3, 0.4) is 0 Å². The molecule has 0 saturated heterocycles. The number of benzene rings is 3. The zero-order valence-corrected chi connectivity index (χ0v) is 18.9. The Labute approximate surface area is 177 Å². The van der Waals surface area contributed by atoms with Gasteiger partial charge in [-0.05, 0) is 34.6 Å². The first-order chi connectivity index (χ1) is 14.2. The van der Waals surface area contributed by atoms with E-state index in [4.69, 9.17) is 10.7 Å². The molecule has 0 amide bonds. The minimum absolute atomic E-state index is 0.629. The summed E-state index contributed by atoms with van der Waals surface area (Å²) in [6.45, 7) is 12.5. The molecule has 3 aromatic rings. The zero-order chi connectivity index (χ0) is 21.7. The molecule has 0 aliphatic carbocycles. The molecule has 0 aliphatic heterocycles. The third kappa shape index (κ3) is 6.03. The van der Waals surface area contributed by atoms with Crippen LogP contribution in [0.15, 0.2) is 84.9 Å². The van der Waals surface area contributed by atoms with E-state index < -0.39 is 5.60 Å². The fourth-order valence-electron chi connectivity index (χ4n) is 3.40. The summed E-state index contributed by atoms with van der Waals surface area (Å²) in [6.07, 6.45) is 1.06. The second-order valence-corrected chi connectivity index (χ2v) is 6.83. The van der Waals surface area contributed by atoms with E-state index in [2.05, 4.69) is 62.4 Å². The van der Waals surface area contributed by atoms with Crippen LogP contribution in [0.4, 0.5) is 0 Å². The van der Waals surface area contributed by atoms with E-state index in [1.807, 2.05) is 64.1 Å². The fraction of sp³-hybridized carbons (Fsp3) is 0.333. The van der Waals surface area contributed by atoms with Crippen molar-refractivity contribution in [2.75, 3.05) is 0 Å². The van der Waals surface area contributed by atoms with Gasteiger partial charge in [-0.3, -0.25) is 4.84 Å². The highest BCUT2D eigenvalue weighted by Crippen LogP contribution is 2.39. The van der Waals surface area contributed by atoms with Gasteiger partial charge in [0, 0.05) is 0 Å². The van der Waals surface area contributed by atoms with E-state index in [9.17, 15) is 0 Å². The van der Waals surface area contributed by atoms with Gasteiger partial charge in [-0.2, -0.15) is 0 Å². The Kier molecular flexibility index (Phi) is 11.0. The Hall–Kier alpha value is -2.42. The predicted octanol–water partition coefficient (Wildman–Crippen LogP) is 7.12. The molecule has 0 atom stereocenters. The van der Waals surface area contributed by atoms with Gasteiger partial charge in [-0.15, -0.1) is 0 Å². The van der Waals surface area contributed by atoms with E-state index in [-0.39, 0.29) is 0 Å². The first-order valence-corrected chi connectivity index (χ1v) is 10.7. The van der Waals surface area contributed by atoms with E-state index in [1.165, 1.54) is 5.56 Å². The summed E-state index contributed by atoms with van der Waals surface area (Å²) in [7, 11) is 0. The zero-order valence-electron chi connectivity index (χ0n) is 18.9. The van der Waals surface area contributed by atoms with Gasteiger partial charge >= 0.3 is 0 Å². The van der Waals surface area contributed by atoms with Crippen LogP contribution in [-0.2, 0) is 16.9 Å². The van der Waals surface area contributed by atoms with Crippen molar-refractivity contribution in [3.8, 4) is 0 Å². The van der Waals surface area contributed by atoms with Gasteiger partial charge in [0.05, 0.1) is 0 Å². The number of nitrogens with two attached hydrogens (primary N) is 1. The van der Waals surface area contributed by atoms with Gasteiger partial charge in [0.1, 0.15) is 0 Å². The summed E-state index contributed by atoms with van der Waals surface area (Å²) in [6, 6.07) is 28.9. The second kappa shape index (κ2) is 12.9. The Bertz CT molecular complexity index is 740. The first-order valence-electron chi connectivity index (χ1n) is 10.7. The van der Waals surface area contributed by atoms with E-state index in [0.29, 0.717) is 5.92 Å². The SMILES string of the molecule is CC.CC.CC(C)Cc1ccc(C(ON)(c2ccccc2)c2ccccc2)cc1. The van der Waals surface area contributed by atoms with Gasteiger partial charge in [0.15, 0.2) is 5.60 Å². The molecule has 2 nitrogen and oxygen atoms in total. The Balaban J connectivity index is 0.000000989. The molecule has 0 unspecified atom stereocenters. The lowest BCUT2D eigenvalue weighted by molar-refractivity contribution is 0.0117. The highest BCUT2D eigenvalue weighted by Gasteiger charge is 2.37. The largest absolute Gasteiger partial charge is 0.283 e. The molecular formula is C27H37NO. The molecule has 29 heavy (non-hydrogen) atoms. The summed E-state index contributed by atoms with van der Waals surface area (Å²) in [5.41, 5.74) is 3.56. The van der Waals surface area contributed by atoms with Gasteiger partial charge in [-0.25, -0.2) is 5.90 Å². The van der Waals surface area contributed by atoms with Crippen LogP contribution in [0.2, 0.25) is 0 Å². The molecule has 0 bridgehead atoms. The van der Waals surface area contributed by atoms with Crippen LogP contribution in [0.25, 0.3) is 0 Å². The maximum absolute atomic E-state index is 5.92. The monoisotopic (exact) mass is 391 g/mol. The van der Waals surface area contributed by atoms with Crippen molar-refractivity contribution in [2.45, 2.75) is 53.6 Å². The van der Waals surface area contributed by atoms with Crippen molar-refractivity contribution in [3.05, 3.63) is 107 Å². The summed E-state index contributed by atoms with van der Waals surface area (Å²) in [5, 5.41) is 0. The maximum Gasteiger partial charge on any atom is 0.164 e. The van der Waals surface area contributed by atoms with Crippen LogP contribution < -0.4 is 5.90 Å². The number of hydrogen-bond acceptors (Lipinski definition) is 2. The smallest absolute Gasteiger partial charge is 0.164 e. The highest BCUT2D eigenvalue weighted by molar-refractivity contribution is 5.47. The van der Waals surface area contributed by atoms with Crippen molar-refractivity contribution in [3.63, 3.8) is 0 Å². The van der Waals surface area contributed by atoms with Crippen LogP contribution in [-0.4, -0.2) is 0 Å². The number of hydrogen-bond donors (Lipinski definition) is 1. The maximum atomic E-state index is 5.92. The minimum atomic E-state index is -0.821. The lowest BCUT2D eigenvalue weighted by atomic mass is 9.80. The molecule has 0 radical (unpaired) electrons. The molecule has 156 valence electrons. The predicted molar refractivity (Wildman–Crippen MR) is 126 cm³/mol. The standard InChI is InChI=1S/C23H25NO.2C2H6/c1-18(2)17-19-13-15-22(16-14-19)23(25-24,20-9-5-3-6-10-20)21-11-7-4-8-12-21;2*1-2/h3-16,18H,17,24H2,1-2H3;2*1-2H3. The molecule has 3 rings (SSSR count). The molecular weight excluding hydrogens is 354 g/mol. The van der Waals surface area contributed by atoms with Crippen LogP contribution >= 0.6 is 0 Å². The molecule has 0 saturated carbocycles. The highest BCUT2D eigenvalue weighted by atomic mass is 16.6. The molecule has 0 spiro atoms. The van der Waals surface area contributed by atoms with Crippen molar-refractivity contribution in [1.82, 2.24) is 0 Å². The summed E-state index contributed by atoms with van der Waals surface area (Å²) < 4.78 is 0. The Morgan fingerprint density at radius 1 is 0.655 bits per heavy atom. The average Bonchev–Trinajstić information content (AvgIpc) is 2.80. The van der Waals surface area contributed by atoms with Gasteiger partial charge in [0.25, 0.3) is 0 Å². The van der Waals surface area contributed by atoms with E-state index >= 15 is 0 Å². The topological polar surface area (TPSA) is 35.2 Å². The molecule has 0 heterocycles. The summed E-state index contributed by atoms with van der Waals surface area (Å²) >= 11 is 0. The van der Waals surface area contributed by atoms with Gasteiger partial charge in [0.2, 0.25) is 0 Å². The van der Waals surface area contributed by atoms with Crippen LogP contribution in [0.1, 0.15) is 63.8 Å². The normalized spacial score (nSPS) is 10.5. The molecule has 2 heteroatoms. The van der Waals surface area contributed by atoms with Crippen LogP contribution in [0.5, 0.6) is 0 Å². The van der Waals surface area contributed by atoms with Crippen molar-refractivity contribution < 1.29 is 4.84 Å². The molecule has 0 aromatic heterocycles. The third-order valence-electron chi connectivity index (χ3n) is 4.54. The number of rotatable bonds is 6. The molecule has 3 aromatic carbocycles. The van der Waals surface area contributed by atoms with Gasteiger partial charge in [-0.1, -0.05) is 126 Å². The third-order valence-corrected chi connectivity index (χ3v) is 4.54. The Morgan fingerprint density at radius 2 is 1.03 bits per heavy atom. The molecule has 0 fully saturated rings. The quantitative estimate of drug-likeness (QED) is 0.358. The van der Waals surface area contributed by atoms with E-state index in [1.54, 1.807) is 0 Å². The van der Waals surface area contributed by atoms with Gasteiger partial charge < -0.3 is 0 Å². The van der Waals surface area contributed by atoms with Crippen molar-refractivity contribution >= 4 is 0 Å². The second-order valence-electron chi connectivity index (χ2n) is 6.83. The minimum Gasteiger partial charge on any atom is -0.283 e. The van der Waals surface area contributed by atoms with E-state index in [0.717, 1.165) is 23.1 Å². The van der Waals surface area contributed by atoms with Crippen LogP contribution in [0, 0.1) is 5.92 Å². The fourth-order valence-corrected chi connectivity index (χ4v) is 3.40. The Morgan fingerprint density at radius 3 is 1.38 bits per heavy atom. The molecule has 0 aliphatic rings. The molecule has 2 N–H and O–H groups in total. The average molecular weight is 392 g/mol. The summed E-state index contributed by atoms with van der Waals surface area (Å²) in [4.78, 5) is 5.72.